The van der Waals surface area contributed by atoms with Gasteiger partial charge < -0.3 is 5.11 Å². The van der Waals surface area contributed by atoms with Gasteiger partial charge in [-0.2, -0.15) is 0 Å². The Hall–Kier alpha value is -0.110. The molecule has 0 spiro atoms. The highest BCUT2D eigenvalue weighted by atomic mass is 19.1. The first kappa shape index (κ1) is 13.3. The second-order valence-corrected chi connectivity index (χ2v) is 9.52. The maximum absolute atomic E-state index is 14.0. The average Bonchev–Trinajstić information content (AvgIpc) is 3.03. The Morgan fingerprint density at radius 2 is 1.52 bits per heavy atom. The predicted molar refractivity (Wildman–Crippen MR) is 80.4 cm³/mol. The van der Waals surface area contributed by atoms with Crippen LogP contribution in [0.3, 0.4) is 0 Å². The topological polar surface area (TPSA) is 20.2 Å². The zero-order valence-corrected chi connectivity index (χ0v) is 13.2. The molecule has 1 nitrogen and oxygen atoms in total. The van der Waals surface area contributed by atoms with Crippen molar-refractivity contribution in [2.75, 3.05) is 0 Å². The molecule has 0 bridgehead atoms. The molecular weight excluding hydrogens is 263 g/mol. The van der Waals surface area contributed by atoms with Crippen LogP contribution in [-0.4, -0.2) is 16.9 Å². The van der Waals surface area contributed by atoms with Crippen LogP contribution in [0.1, 0.15) is 64.7 Å². The molecule has 5 saturated carbocycles. The molecule has 0 radical (unpaired) electrons. The standard InChI is InChI=1S/C19H29FO/c1-18-6-4-12-13-5-7-19(21)10-17(19)15(13)3-2-14(12)16(18)8-11(20)9-18/h11-17,21H,2-10H2,1H3/t11-,12-,13-,14-,15+,16+,17?,18-,19+/m1/s1. The van der Waals surface area contributed by atoms with E-state index >= 15 is 0 Å². The Bertz CT molecular complexity index is 464. The summed E-state index contributed by atoms with van der Waals surface area (Å²) in [7, 11) is 0. The van der Waals surface area contributed by atoms with Gasteiger partial charge in [0, 0.05) is 0 Å². The molecule has 0 aliphatic heterocycles. The summed E-state index contributed by atoms with van der Waals surface area (Å²) in [6.45, 7) is 2.38. The first-order valence-corrected chi connectivity index (χ1v) is 9.37. The van der Waals surface area contributed by atoms with Gasteiger partial charge in [-0.05, 0) is 98.7 Å². The van der Waals surface area contributed by atoms with Gasteiger partial charge in [0.1, 0.15) is 6.17 Å². The van der Waals surface area contributed by atoms with E-state index in [1.54, 1.807) is 0 Å². The lowest BCUT2D eigenvalue weighted by molar-refractivity contribution is -0.0703. The molecule has 1 N–H and O–H groups in total. The third-order valence-corrected chi connectivity index (χ3v) is 8.67. The molecule has 5 fully saturated rings. The molecule has 0 heterocycles. The van der Waals surface area contributed by atoms with Crippen LogP contribution >= 0.6 is 0 Å². The van der Waals surface area contributed by atoms with Gasteiger partial charge in [-0.3, -0.25) is 0 Å². The van der Waals surface area contributed by atoms with Gasteiger partial charge >= 0.3 is 0 Å². The Morgan fingerprint density at radius 3 is 2.29 bits per heavy atom. The fourth-order valence-electron chi connectivity index (χ4n) is 7.66. The van der Waals surface area contributed by atoms with E-state index in [2.05, 4.69) is 6.92 Å². The second-order valence-electron chi connectivity index (χ2n) is 9.52. The lowest BCUT2D eigenvalue weighted by atomic mass is 9.50. The van der Waals surface area contributed by atoms with E-state index in [9.17, 15) is 9.50 Å². The summed E-state index contributed by atoms with van der Waals surface area (Å²) < 4.78 is 14.0. The van der Waals surface area contributed by atoms with Crippen molar-refractivity contribution in [1.29, 1.82) is 0 Å². The fourth-order valence-corrected chi connectivity index (χ4v) is 7.66. The molecule has 5 aliphatic rings. The third kappa shape index (κ3) is 1.72. The van der Waals surface area contributed by atoms with E-state index in [-0.39, 0.29) is 5.60 Å². The Labute approximate surface area is 127 Å². The van der Waals surface area contributed by atoms with Crippen molar-refractivity contribution in [1.82, 2.24) is 0 Å². The first-order chi connectivity index (χ1) is 10.0. The Kier molecular flexibility index (Phi) is 2.57. The van der Waals surface area contributed by atoms with Crippen molar-refractivity contribution >= 4 is 0 Å². The van der Waals surface area contributed by atoms with Crippen LogP contribution in [0.4, 0.5) is 4.39 Å². The van der Waals surface area contributed by atoms with Crippen molar-refractivity contribution in [2.45, 2.75) is 76.5 Å². The number of fused-ring (bicyclic) bond motifs is 7. The highest BCUT2D eigenvalue weighted by Crippen LogP contribution is 2.68. The van der Waals surface area contributed by atoms with Crippen LogP contribution in [0, 0.1) is 40.9 Å². The maximum Gasteiger partial charge on any atom is 0.101 e. The van der Waals surface area contributed by atoms with Crippen molar-refractivity contribution in [3.05, 3.63) is 0 Å². The first-order valence-electron chi connectivity index (χ1n) is 9.37. The highest BCUT2D eigenvalue weighted by molar-refractivity contribution is 5.14. The third-order valence-electron chi connectivity index (χ3n) is 8.67. The van der Waals surface area contributed by atoms with Gasteiger partial charge in [0.05, 0.1) is 5.60 Å². The molecule has 2 heteroatoms. The van der Waals surface area contributed by atoms with Gasteiger partial charge in [0.25, 0.3) is 0 Å². The summed E-state index contributed by atoms with van der Waals surface area (Å²) >= 11 is 0. The average molecular weight is 292 g/mol. The molecule has 5 aliphatic carbocycles. The SMILES string of the molecule is C[C@]12CC[C@@H]3[C@H]4CC[C@]5(O)CC5[C@H]4CC[C@H]3[C@@H]1C[C@@H](F)C2. The van der Waals surface area contributed by atoms with Gasteiger partial charge in [-0.15, -0.1) is 0 Å². The number of hydrogen-bond donors (Lipinski definition) is 1. The summed E-state index contributed by atoms with van der Waals surface area (Å²) in [5.41, 5.74) is 0.0526. The van der Waals surface area contributed by atoms with Crippen LogP contribution in [0.2, 0.25) is 0 Å². The molecule has 0 aromatic heterocycles. The summed E-state index contributed by atoms with van der Waals surface area (Å²) in [6, 6.07) is 0. The number of aliphatic hydroxyl groups is 1. The van der Waals surface area contributed by atoms with Crippen molar-refractivity contribution in [3.63, 3.8) is 0 Å². The van der Waals surface area contributed by atoms with Crippen molar-refractivity contribution in [3.8, 4) is 0 Å². The van der Waals surface area contributed by atoms with Gasteiger partial charge in [-0.25, -0.2) is 4.39 Å². The lowest BCUT2D eigenvalue weighted by Crippen LogP contribution is -2.48. The van der Waals surface area contributed by atoms with Crippen LogP contribution < -0.4 is 0 Å². The summed E-state index contributed by atoms with van der Waals surface area (Å²) in [5.74, 6) is 4.61. The Morgan fingerprint density at radius 1 is 0.857 bits per heavy atom. The summed E-state index contributed by atoms with van der Waals surface area (Å²) in [5, 5.41) is 10.5. The van der Waals surface area contributed by atoms with Crippen LogP contribution in [0.15, 0.2) is 0 Å². The minimum absolute atomic E-state index is 0.255. The minimum Gasteiger partial charge on any atom is -0.390 e. The zero-order valence-electron chi connectivity index (χ0n) is 13.2. The Balaban J connectivity index is 1.41. The molecule has 21 heavy (non-hydrogen) atoms. The molecule has 118 valence electrons. The highest BCUT2D eigenvalue weighted by Gasteiger charge is 2.64. The molecule has 0 amide bonds. The van der Waals surface area contributed by atoms with Crippen LogP contribution in [-0.2, 0) is 0 Å². The van der Waals surface area contributed by atoms with E-state index in [4.69, 9.17) is 0 Å². The van der Waals surface area contributed by atoms with Crippen molar-refractivity contribution < 1.29 is 9.50 Å². The summed E-state index contributed by atoms with van der Waals surface area (Å²) in [6.07, 6.45) is 9.79. The van der Waals surface area contributed by atoms with E-state index < -0.39 is 6.17 Å². The monoisotopic (exact) mass is 292 g/mol. The molecule has 0 saturated heterocycles. The van der Waals surface area contributed by atoms with E-state index in [1.165, 1.54) is 32.1 Å². The predicted octanol–water partition coefficient (Wildman–Crippen LogP) is 4.34. The molecule has 1 unspecified atom stereocenters. The number of halogens is 1. The molecule has 0 aromatic carbocycles. The van der Waals surface area contributed by atoms with Gasteiger partial charge in [0.2, 0.25) is 0 Å². The molecule has 5 rings (SSSR count). The molecule has 9 atom stereocenters. The largest absolute Gasteiger partial charge is 0.390 e. The van der Waals surface area contributed by atoms with Crippen LogP contribution in [0.5, 0.6) is 0 Å². The quantitative estimate of drug-likeness (QED) is 0.704. The van der Waals surface area contributed by atoms with Gasteiger partial charge in [-0.1, -0.05) is 6.92 Å². The fraction of sp³-hybridized carbons (Fsp3) is 1.00. The van der Waals surface area contributed by atoms with E-state index in [0.717, 1.165) is 49.4 Å². The van der Waals surface area contributed by atoms with Crippen LogP contribution in [0.25, 0.3) is 0 Å². The number of alkyl halides is 1. The lowest BCUT2D eigenvalue weighted by Gasteiger charge is -2.55. The molecule has 0 aromatic rings. The second kappa shape index (κ2) is 4.04. The maximum atomic E-state index is 14.0. The number of hydrogen-bond acceptors (Lipinski definition) is 1. The number of rotatable bonds is 0. The van der Waals surface area contributed by atoms with Crippen molar-refractivity contribution in [2.24, 2.45) is 40.9 Å². The normalized spacial score (nSPS) is 65.0. The minimum atomic E-state index is -0.531. The smallest absolute Gasteiger partial charge is 0.101 e. The van der Waals surface area contributed by atoms with E-state index in [0.29, 0.717) is 17.3 Å². The zero-order chi connectivity index (χ0) is 14.4. The molecular formula is C19H29FO. The van der Waals surface area contributed by atoms with Gasteiger partial charge in [0.15, 0.2) is 0 Å². The summed E-state index contributed by atoms with van der Waals surface area (Å²) in [4.78, 5) is 0. The van der Waals surface area contributed by atoms with E-state index in [1.807, 2.05) is 0 Å².